The zero-order chi connectivity index (χ0) is 18.2. The van der Waals surface area contributed by atoms with Crippen LogP contribution in [-0.2, 0) is 19.4 Å². The standard InChI is InChI=1S/C16H17F3N6/c1-10-4-14(21)25(9-20)23-15(10)24-3-2-13-12(8-24)5-11(7-22-13)6-16(17,18)19/h4-5,7,9,20-21H,2-3,6,8H2,1H3. The maximum absolute atomic E-state index is 12.6. The summed E-state index contributed by atoms with van der Waals surface area (Å²) in [5.41, 5.74) is 2.59. The lowest BCUT2D eigenvalue weighted by atomic mass is 10.0. The van der Waals surface area contributed by atoms with Crippen LogP contribution in [0.5, 0.6) is 0 Å². The van der Waals surface area contributed by atoms with Crippen molar-refractivity contribution < 1.29 is 13.2 Å². The third kappa shape index (κ3) is 3.70. The number of halogens is 3. The number of aryl methyl sites for hydroxylation is 1. The van der Waals surface area contributed by atoms with Crippen molar-refractivity contribution in [3.05, 3.63) is 46.2 Å². The van der Waals surface area contributed by atoms with E-state index in [1.54, 1.807) is 12.1 Å². The summed E-state index contributed by atoms with van der Waals surface area (Å²) in [6, 6.07) is 3.17. The molecule has 1 aliphatic heterocycles. The lowest BCUT2D eigenvalue weighted by molar-refractivity contribution is -0.127. The van der Waals surface area contributed by atoms with Crippen molar-refractivity contribution in [1.82, 2.24) is 14.8 Å². The fourth-order valence-corrected chi connectivity index (χ4v) is 2.97. The Bertz CT molecular complexity index is 871. The van der Waals surface area contributed by atoms with Gasteiger partial charge in [0.2, 0.25) is 0 Å². The Balaban J connectivity index is 1.91. The Morgan fingerprint density at radius 2 is 2.08 bits per heavy atom. The summed E-state index contributed by atoms with van der Waals surface area (Å²) < 4.78 is 38.9. The molecule has 0 aromatic carbocycles. The van der Waals surface area contributed by atoms with Crippen molar-refractivity contribution in [2.75, 3.05) is 11.4 Å². The molecule has 2 aromatic rings. The van der Waals surface area contributed by atoms with Gasteiger partial charge in [-0.15, -0.1) is 5.10 Å². The van der Waals surface area contributed by atoms with Gasteiger partial charge in [-0.1, -0.05) is 6.07 Å². The molecule has 2 aromatic heterocycles. The Morgan fingerprint density at radius 3 is 2.76 bits per heavy atom. The summed E-state index contributed by atoms with van der Waals surface area (Å²) in [5.74, 6) is 0.617. The molecular weight excluding hydrogens is 333 g/mol. The fourth-order valence-electron chi connectivity index (χ4n) is 2.97. The van der Waals surface area contributed by atoms with Crippen molar-refractivity contribution >= 4 is 12.2 Å². The average molecular weight is 350 g/mol. The molecule has 132 valence electrons. The van der Waals surface area contributed by atoms with Gasteiger partial charge in [-0.2, -0.15) is 13.2 Å². The van der Waals surface area contributed by atoms with Crippen LogP contribution in [0.4, 0.5) is 19.0 Å². The summed E-state index contributed by atoms with van der Waals surface area (Å²) in [6.45, 7) is 2.85. The number of fused-ring (bicyclic) bond motifs is 1. The third-order valence-corrected chi connectivity index (χ3v) is 4.08. The van der Waals surface area contributed by atoms with Gasteiger partial charge in [0.15, 0.2) is 5.82 Å². The van der Waals surface area contributed by atoms with E-state index in [1.807, 2.05) is 11.8 Å². The van der Waals surface area contributed by atoms with E-state index >= 15 is 0 Å². The molecule has 3 heterocycles. The highest BCUT2D eigenvalue weighted by atomic mass is 19.4. The molecule has 6 nitrogen and oxygen atoms in total. The molecule has 0 fully saturated rings. The molecule has 3 rings (SSSR count). The second-order valence-electron chi connectivity index (χ2n) is 6.02. The molecule has 9 heteroatoms. The highest BCUT2D eigenvalue weighted by molar-refractivity contribution is 5.55. The molecule has 0 saturated carbocycles. The second-order valence-corrected chi connectivity index (χ2v) is 6.02. The Hall–Kier alpha value is -2.71. The summed E-state index contributed by atoms with van der Waals surface area (Å²) in [4.78, 5) is 6.12. The second kappa shape index (κ2) is 6.30. The summed E-state index contributed by atoms with van der Waals surface area (Å²) in [5, 5.41) is 19.4. The normalized spacial score (nSPS) is 14.3. The Kier molecular flexibility index (Phi) is 4.32. The van der Waals surface area contributed by atoms with Crippen molar-refractivity contribution in [2.24, 2.45) is 0 Å². The Labute approximate surface area is 142 Å². The summed E-state index contributed by atoms with van der Waals surface area (Å²) >= 11 is 0. The van der Waals surface area contributed by atoms with Gasteiger partial charge in [-0.05, 0) is 29.7 Å². The highest BCUT2D eigenvalue weighted by Crippen LogP contribution is 2.26. The quantitative estimate of drug-likeness (QED) is 0.658. The fraction of sp³-hybridized carbons (Fsp3) is 0.375. The highest BCUT2D eigenvalue weighted by Gasteiger charge is 2.29. The number of aromatic nitrogens is 3. The first-order valence-corrected chi connectivity index (χ1v) is 7.71. The van der Waals surface area contributed by atoms with E-state index in [4.69, 9.17) is 10.8 Å². The zero-order valence-electron chi connectivity index (χ0n) is 13.6. The van der Waals surface area contributed by atoms with Gasteiger partial charge in [-0.3, -0.25) is 15.8 Å². The molecule has 0 radical (unpaired) electrons. The molecule has 0 unspecified atom stereocenters. The number of anilines is 1. The first kappa shape index (κ1) is 17.1. The van der Waals surface area contributed by atoms with Gasteiger partial charge < -0.3 is 4.90 Å². The smallest absolute Gasteiger partial charge is 0.350 e. The SMILES string of the molecule is Cc1cc(=N)n(C=N)nc1N1CCc2ncc(CC(F)(F)F)cc2C1. The maximum Gasteiger partial charge on any atom is 0.393 e. The zero-order valence-corrected chi connectivity index (χ0v) is 13.6. The number of nitrogens with one attached hydrogen (secondary N) is 2. The monoisotopic (exact) mass is 350 g/mol. The number of nitrogens with zero attached hydrogens (tertiary/aromatic N) is 4. The number of hydrogen-bond donors (Lipinski definition) is 2. The van der Waals surface area contributed by atoms with Crippen LogP contribution in [0.3, 0.4) is 0 Å². The van der Waals surface area contributed by atoms with E-state index in [2.05, 4.69) is 10.1 Å². The molecule has 0 spiro atoms. The molecule has 2 N–H and O–H groups in total. The van der Waals surface area contributed by atoms with Gasteiger partial charge in [0.25, 0.3) is 0 Å². The van der Waals surface area contributed by atoms with Crippen LogP contribution in [0.2, 0.25) is 0 Å². The van der Waals surface area contributed by atoms with Crippen molar-refractivity contribution in [1.29, 1.82) is 10.8 Å². The number of pyridine rings is 1. The van der Waals surface area contributed by atoms with Crippen LogP contribution in [0.25, 0.3) is 0 Å². The molecule has 0 amide bonds. The minimum atomic E-state index is -4.26. The van der Waals surface area contributed by atoms with E-state index in [9.17, 15) is 13.2 Å². The van der Waals surface area contributed by atoms with Crippen molar-refractivity contribution in [2.45, 2.75) is 32.5 Å². The molecule has 1 aliphatic rings. The minimum absolute atomic E-state index is 0.0998. The van der Waals surface area contributed by atoms with Crippen LogP contribution in [-0.4, -0.2) is 33.8 Å². The largest absolute Gasteiger partial charge is 0.393 e. The van der Waals surface area contributed by atoms with Gasteiger partial charge in [-0.25, -0.2) is 4.68 Å². The first-order chi connectivity index (χ1) is 11.8. The summed E-state index contributed by atoms with van der Waals surface area (Å²) in [6.07, 6.45) is -2.40. The predicted molar refractivity (Wildman–Crippen MR) is 85.8 cm³/mol. The van der Waals surface area contributed by atoms with E-state index in [0.717, 1.165) is 27.8 Å². The average Bonchev–Trinajstić information content (AvgIpc) is 2.53. The van der Waals surface area contributed by atoms with Gasteiger partial charge >= 0.3 is 6.18 Å². The topological polar surface area (TPSA) is 81.7 Å². The van der Waals surface area contributed by atoms with Gasteiger partial charge in [0.05, 0.1) is 6.42 Å². The lowest BCUT2D eigenvalue weighted by Gasteiger charge is -2.30. The minimum Gasteiger partial charge on any atom is -0.350 e. The molecule has 0 bridgehead atoms. The molecule has 25 heavy (non-hydrogen) atoms. The van der Waals surface area contributed by atoms with Crippen molar-refractivity contribution in [3.63, 3.8) is 0 Å². The van der Waals surface area contributed by atoms with E-state index < -0.39 is 12.6 Å². The molecular formula is C16H17F3N6. The van der Waals surface area contributed by atoms with Crippen LogP contribution < -0.4 is 10.4 Å². The van der Waals surface area contributed by atoms with E-state index in [0.29, 0.717) is 25.3 Å². The van der Waals surface area contributed by atoms with Crippen molar-refractivity contribution in [3.8, 4) is 0 Å². The van der Waals surface area contributed by atoms with E-state index in [-0.39, 0.29) is 11.1 Å². The van der Waals surface area contributed by atoms with E-state index in [1.165, 1.54) is 6.20 Å². The predicted octanol–water partition coefficient (Wildman–Crippen LogP) is 2.19. The first-order valence-electron chi connectivity index (χ1n) is 7.71. The van der Waals surface area contributed by atoms with Crippen LogP contribution in [0.15, 0.2) is 18.3 Å². The van der Waals surface area contributed by atoms with Crippen LogP contribution in [0.1, 0.15) is 22.4 Å². The lowest BCUT2D eigenvalue weighted by Crippen LogP contribution is -2.35. The van der Waals surface area contributed by atoms with Gasteiger partial charge in [0, 0.05) is 31.4 Å². The maximum atomic E-state index is 12.6. The van der Waals surface area contributed by atoms with Crippen LogP contribution >= 0.6 is 0 Å². The third-order valence-electron chi connectivity index (χ3n) is 4.08. The summed E-state index contributed by atoms with van der Waals surface area (Å²) in [7, 11) is 0. The molecule has 0 saturated heterocycles. The molecule has 0 aliphatic carbocycles. The van der Waals surface area contributed by atoms with Gasteiger partial charge in [0.1, 0.15) is 11.8 Å². The number of alkyl halides is 3. The number of hydrogen-bond acceptors (Lipinski definition) is 5. The molecule has 0 atom stereocenters. The Morgan fingerprint density at radius 1 is 1.32 bits per heavy atom. The van der Waals surface area contributed by atoms with Crippen LogP contribution in [0, 0.1) is 17.7 Å². The number of rotatable bonds is 3.